The molecule has 2 N–H and O–H groups in total. The van der Waals surface area contributed by atoms with E-state index in [1.54, 1.807) is 11.8 Å². The number of rotatable bonds is 5. The molecule has 1 aromatic rings. The van der Waals surface area contributed by atoms with Crippen molar-refractivity contribution in [2.75, 3.05) is 0 Å². The van der Waals surface area contributed by atoms with Crippen molar-refractivity contribution >= 4 is 23.5 Å². The van der Waals surface area contributed by atoms with Crippen LogP contribution >= 0.6 is 0 Å². The highest BCUT2D eigenvalue weighted by Crippen LogP contribution is 2.44. The highest BCUT2D eigenvalue weighted by Gasteiger charge is 2.55. The number of aryl methyl sites for hydroxylation is 1. The molecule has 2 saturated heterocycles. The molecule has 5 atom stereocenters. The van der Waals surface area contributed by atoms with Gasteiger partial charge in [-0.3, -0.25) is 19.2 Å². The third kappa shape index (κ3) is 4.62. The van der Waals surface area contributed by atoms with Crippen LogP contribution < -0.4 is 10.6 Å². The topological polar surface area (TPSA) is 95.6 Å². The first-order chi connectivity index (χ1) is 16.1. The Labute approximate surface area is 202 Å². The summed E-state index contributed by atoms with van der Waals surface area (Å²) in [6.45, 7) is 7.70. The molecular weight excluding hydrogens is 430 g/mol. The van der Waals surface area contributed by atoms with Crippen LogP contribution in [-0.4, -0.2) is 46.5 Å². The number of hydrogen-bond acceptors (Lipinski definition) is 4. The van der Waals surface area contributed by atoms with Crippen LogP contribution in [0.25, 0.3) is 0 Å². The van der Waals surface area contributed by atoms with Crippen molar-refractivity contribution in [1.82, 2.24) is 15.5 Å². The molecule has 0 spiro atoms. The van der Waals surface area contributed by atoms with Crippen molar-refractivity contribution in [1.29, 1.82) is 0 Å². The number of amides is 3. The Morgan fingerprint density at radius 1 is 1.12 bits per heavy atom. The van der Waals surface area contributed by atoms with Gasteiger partial charge in [0.25, 0.3) is 0 Å². The first kappa shape index (κ1) is 24.4. The Balaban J connectivity index is 1.59. The fourth-order valence-electron chi connectivity index (χ4n) is 5.97. The van der Waals surface area contributed by atoms with Crippen molar-refractivity contribution in [3.8, 4) is 0 Å². The zero-order chi connectivity index (χ0) is 24.6. The molecule has 2 aliphatic heterocycles. The third-order valence-electron chi connectivity index (χ3n) is 7.93. The van der Waals surface area contributed by atoms with E-state index < -0.39 is 17.5 Å². The lowest BCUT2D eigenvalue weighted by molar-refractivity contribution is -0.145. The number of ketones is 1. The molecule has 4 rings (SSSR count). The molecule has 0 radical (unpaired) electrons. The molecule has 2 heterocycles. The molecule has 0 bridgehead atoms. The van der Waals surface area contributed by atoms with Crippen molar-refractivity contribution in [3.63, 3.8) is 0 Å². The fraction of sp³-hybridized carbons (Fsp3) is 0.630. The zero-order valence-corrected chi connectivity index (χ0v) is 20.7. The minimum atomic E-state index is -0.918. The summed E-state index contributed by atoms with van der Waals surface area (Å²) in [5.74, 6) is -1.02. The van der Waals surface area contributed by atoms with E-state index in [1.165, 1.54) is 5.56 Å². The molecule has 7 nitrogen and oxygen atoms in total. The molecule has 1 unspecified atom stereocenters. The van der Waals surface area contributed by atoms with Crippen LogP contribution in [0.4, 0.5) is 0 Å². The van der Waals surface area contributed by atoms with Gasteiger partial charge in [-0.15, -0.1) is 0 Å². The van der Waals surface area contributed by atoms with Crippen LogP contribution in [0.15, 0.2) is 24.3 Å². The first-order valence-electron chi connectivity index (χ1n) is 12.6. The Morgan fingerprint density at radius 3 is 2.59 bits per heavy atom. The smallest absolute Gasteiger partial charge is 0.246 e. The maximum atomic E-state index is 13.7. The van der Waals surface area contributed by atoms with E-state index >= 15 is 0 Å². The summed E-state index contributed by atoms with van der Waals surface area (Å²) in [4.78, 5) is 54.3. The van der Waals surface area contributed by atoms with E-state index in [-0.39, 0.29) is 54.3 Å². The molecule has 1 aromatic carbocycles. The second-order valence-corrected chi connectivity index (χ2v) is 11.0. The molecule has 0 aromatic heterocycles. The average molecular weight is 468 g/mol. The summed E-state index contributed by atoms with van der Waals surface area (Å²) in [6, 6.07) is 6.18. The van der Waals surface area contributed by atoms with E-state index in [9.17, 15) is 19.2 Å². The molecule has 0 saturated carbocycles. The van der Waals surface area contributed by atoms with Gasteiger partial charge in [-0.2, -0.15) is 0 Å². The van der Waals surface area contributed by atoms with E-state index in [4.69, 9.17) is 0 Å². The molecule has 3 amide bonds. The molecule has 184 valence electrons. The predicted molar refractivity (Wildman–Crippen MR) is 129 cm³/mol. The summed E-state index contributed by atoms with van der Waals surface area (Å²) >= 11 is 0. The average Bonchev–Trinajstić information content (AvgIpc) is 3.01. The summed E-state index contributed by atoms with van der Waals surface area (Å²) in [5.41, 5.74) is 1.92. The number of nitrogens with one attached hydrogen (secondary N) is 2. The van der Waals surface area contributed by atoms with Crippen LogP contribution in [0.3, 0.4) is 0 Å². The zero-order valence-electron chi connectivity index (χ0n) is 20.7. The Bertz CT molecular complexity index is 988. The van der Waals surface area contributed by atoms with Gasteiger partial charge >= 0.3 is 0 Å². The quantitative estimate of drug-likeness (QED) is 0.696. The Hall–Kier alpha value is -2.70. The van der Waals surface area contributed by atoms with Gasteiger partial charge in [0, 0.05) is 24.8 Å². The molecule has 3 aliphatic rings. The fourth-order valence-corrected chi connectivity index (χ4v) is 5.97. The van der Waals surface area contributed by atoms with E-state index in [0.717, 1.165) is 24.8 Å². The van der Waals surface area contributed by atoms with Crippen molar-refractivity contribution in [2.24, 2.45) is 11.3 Å². The van der Waals surface area contributed by atoms with Crippen molar-refractivity contribution < 1.29 is 19.2 Å². The van der Waals surface area contributed by atoms with Gasteiger partial charge in [0.05, 0.1) is 6.04 Å². The van der Waals surface area contributed by atoms with Crippen LogP contribution in [0, 0.1) is 11.3 Å². The van der Waals surface area contributed by atoms with Gasteiger partial charge in [0.15, 0.2) is 0 Å². The van der Waals surface area contributed by atoms with Crippen molar-refractivity contribution in [2.45, 2.75) is 96.8 Å². The summed E-state index contributed by atoms with van der Waals surface area (Å²) in [5, 5.41) is 6.04. The Morgan fingerprint density at radius 2 is 1.85 bits per heavy atom. The van der Waals surface area contributed by atoms with Crippen LogP contribution in [0.2, 0.25) is 0 Å². The number of carbonyl (C=O) groups is 4. The molecule has 2 fully saturated rings. The van der Waals surface area contributed by atoms with Gasteiger partial charge in [-0.1, -0.05) is 52.0 Å². The van der Waals surface area contributed by atoms with Crippen LogP contribution in [-0.2, 0) is 25.6 Å². The van der Waals surface area contributed by atoms with Gasteiger partial charge in [-0.25, -0.2) is 0 Å². The number of nitrogens with zero attached hydrogens (tertiary/aromatic N) is 1. The van der Waals surface area contributed by atoms with E-state index in [1.807, 2.05) is 32.9 Å². The van der Waals surface area contributed by atoms with Crippen LogP contribution in [0.5, 0.6) is 0 Å². The maximum absolute atomic E-state index is 13.7. The normalized spacial score (nSPS) is 29.0. The highest BCUT2D eigenvalue weighted by molar-refractivity contribution is 5.98. The minimum Gasteiger partial charge on any atom is -0.347 e. The number of carbonyl (C=O) groups excluding carboxylic acids is 4. The predicted octanol–water partition coefficient (Wildman–Crippen LogP) is 3.07. The summed E-state index contributed by atoms with van der Waals surface area (Å²) < 4.78 is 0. The third-order valence-corrected chi connectivity index (χ3v) is 7.93. The Kier molecular flexibility index (Phi) is 6.83. The lowest BCUT2D eigenvalue weighted by Crippen LogP contribution is -2.57. The monoisotopic (exact) mass is 467 g/mol. The lowest BCUT2D eigenvalue weighted by atomic mass is 9.81. The van der Waals surface area contributed by atoms with Gasteiger partial charge < -0.3 is 15.5 Å². The van der Waals surface area contributed by atoms with Crippen molar-refractivity contribution in [3.05, 3.63) is 35.4 Å². The lowest BCUT2D eigenvalue weighted by Gasteiger charge is -2.36. The number of fused-ring (bicyclic) bond motifs is 2. The standard InChI is InChI=1S/C27H37N3O4/c1-5-16(2)24(32)29-22-14-19(31)13-18-15-27(3,4)23(30(18)26(22)34)25(33)28-21-12-8-10-17-9-6-7-11-20(17)21/h6-7,9,11,16,18,21-23H,5,8,10,12-15H2,1-4H3,(H,28,33)(H,29,32)/t16-,18+,21-,22+,23?/m1/s1. The first-order valence-corrected chi connectivity index (χ1v) is 12.6. The SMILES string of the molecule is CC[C@@H](C)C(=O)N[C@H]1CC(=O)C[C@H]2CC(C)(C)C(C(=O)N[C@@H]3CCCc4ccccc43)N2C1=O. The summed E-state index contributed by atoms with van der Waals surface area (Å²) in [6.07, 6.45) is 4.30. The number of hydrogen-bond donors (Lipinski definition) is 2. The summed E-state index contributed by atoms with van der Waals surface area (Å²) in [7, 11) is 0. The highest BCUT2D eigenvalue weighted by atomic mass is 16.2. The number of benzene rings is 1. The maximum Gasteiger partial charge on any atom is 0.246 e. The molecular formula is C27H37N3O4. The van der Waals surface area contributed by atoms with E-state index in [2.05, 4.69) is 22.8 Å². The van der Waals surface area contributed by atoms with Gasteiger partial charge in [0.2, 0.25) is 17.7 Å². The van der Waals surface area contributed by atoms with Crippen LogP contribution in [0.1, 0.15) is 83.4 Å². The van der Waals surface area contributed by atoms with Gasteiger partial charge in [0.1, 0.15) is 17.9 Å². The second kappa shape index (κ2) is 9.51. The number of Topliss-reactive ketones (excluding diaryl/α,β-unsaturated/α-hetero) is 1. The molecule has 1 aliphatic carbocycles. The van der Waals surface area contributed by atoms with Gasteiger partial charge in [-0.05, 0) is 48.6 Å². The largest absolute Gasteiger partial charge is 0.347 e. The van der Waals surface area contributed by atoms with E-state index in [0.29, 0.717) is 12.8 Å². The molecule has 34 heavy (non-hydrogen) atoms. The molecule has 7 heteroatoms. The second-order valence-electron chi connectivity index (χ2n) is 11.0. The minimum absolute atomic E-state index is 0.0151.